The molecule has 13 rings (SSSR count). The highest BCUT2D eigenvalue weighted by Crippen LogP contribution is 2.50. The molecule has 0 atom stereocenters. The first-order valence-corrected chi connectivity index (χ1v) is 20.4. The summed E-state index contributed by atoms with van der Waals surface area (Å²) in [5.41, 5.74) is 11.4. The molecule has 0 spiro atoms. The van der Waals surface area contributed by atoms with Gasteiger partial charge in [-0.15, -0.1) is 0 Å². The molecule has 0 aliphatic rings. The smallest absolute Gasteiger partial charge is 0.160 e. The van der Waals surface area contributed by atoms with E-state index >= 15 is 0 Å². The Labute approximate surface area is 344 Å². The number of fused-ring (bicyclic) bond motifs is 16. The van der Waals surface area contributed by atoms with Crippen molar-refractivity contribution in [3.8, 4) is 34.0 Å². The van der Waals surface area contributed by atoms with Gasteiger partial charge in [0, 0.05) is 66.4 Å². The fourth-order valence-electron chi connectivity index (χ4n) is 9.87. The van der Waals surface area contributed by atoms with Gasteiger partial charge in [-0.1, -0.05) is 133 Å². The van der Waals surface area contributed by atoms with Crippen LogP contribution in [0.3, 0.4) is 0 Å². The van der Waals surface area contributed by atoms with Gasteiger partial charge in [-0.2, -0.15) is 0 Å². The van der Waals surface area contributed by atoms with Crippen LogP contribution in [0.25, 0.3) is 121 Å². The van der Waals surface area contributed by atoms with Gasteiger partial charge < -0.3 is 9.13 Å². The Bertz CT molecular complexity index is 3860. The van der Waals surface area contributed by atoms with E-state index < -0.39 is 0 Å². The number of pyridine rings is 1. The van der Waals surface area contributed by atoms with Crippen LogP contribution in [0.2, 0.25) is 0 Å². The molecule has 0 aliphatic heterocycles. The predicted octanol–water partition coefficient (Wildman–Crippen LogP) is 14.0. The van der Waals surface area contributed by atoms with Gasteiger partial charge in [0.2, 0.25) is 0 Å². The van der Waals surface area contributed by atoms with Crippen LogP contribution in [-0.2, 0) is 0 Å². The van der Waals surface area contributed by atoms with E-state index in [9.17, 15) is 0 Å². The largest absolute Gasteiger partial charge is 0.309 e. The molecule has 4 aromatic heterocycles. The van der Waals surface area contributed by atoms with Gasteiger partial charge in [-0.25, -0.2) is 9.97 Å². The van der Waals surface area contributed by atoms with Crippen molar-refractivity contribution in [3.63, 3.8) is 0 Å². The van der Waals surface area contributed by atoms with E-state index in [1.807, 2.05) is 30.3 Å². The molecular formula is C55H33N5. The summed E-state index contributed by atoms with van der Waals surface area (Å²) < 4.78 is 4.94. The second kappa shape index (κ2) is 12.7. The van der Waals surface area contributed by atoms with Crippen LogP contribution in [-0.4, -0.2) is 24.1 Å². The SMILES string of the molecule is c1ccc(-c2nc(-c3ccc(-n4c5ccccc5c5c6c(c7ccccc7c7c6c6ccccc6n7-c6ccccc6)c6ccccc6c54)cc3)nc3cccnc23)cc1. The molecule has 0 unspecified atom stereocenters. The van der Waals surface area contributed by atoms with Crippen molar-refractivity contribution < 1.29 is 0 Å². The topological polar surface area (TPSA) is 48.5 Å². The fourth-order valence-corrected chi connectivity index (χ4v) is 9.87. The average molecular weight is 764 g/mol. The van der Waals surface area contributed by atoms with Crippen molar-refractivity contribution in [2.24, 2.45) is 0 Å². The zero-order valence-electron chi connectivity index (χ0n) is 32.3. The van der Waals surface area contributed by atoms with Crippen molar-refractivity contribution in [2.75, 3.05) is 0 Å². The maximum atomic E-state index is 5.13. The Morgan fingerprint density at radius 3 is 1.43 bits per heavy atom. The maximum Gasteiger partial charge on any atom is 0.160 e. The van der Waals surface area contributed by atoms with Crippen LogP contribution in [0.5, 0.6) is 0 Å². The molecule has 5 nitrogen and oxygen atoms in total. The van der Waals surface area contributed by atoms with Gasteiger partial charge in [0.05, 0.1) is 27.6 Å². The molecule has 0 bridgehead atoms. The third-order valence-electron chi connectivity index (χ3n) is 12.3. The average Bonchev–Trinajstić information content (AvgIpc) is 3.86. The number of rotatable bonds is 4. The van der Waals surface area contributed by atoms with Gasteiger partial charge >= 0.3 is 0 Å². The predicted molar refractivity (Wildman–Crippen MR) is 249 cm³/mol. The van der Waals surface area contributed by atoms with Crippen LogP contribution in [0, 0.1) is 0 Å². The Hall–Kier alpha value is -8.15. The van der Waals surface area contributed by atoms with Crippen LogP contribution >= 0.6 is 0 Å². The molecule has 5 heteroatoms. The zero-order chi connectivity index (χ0) is 39.3. The highest BCUT2D eigenvalue weighted by molar-refractivity contribution is 6.45. The summed E-state index contributed by atoms with van der Waals surface area (Å²) in [6.45, 7) is 0. The number of para-hydroxylation sites is 3. The second-order valence-corrected chi connectivity index (χ2v) is 15.5. The zero-order valence-corrected chi connectivity index (χ0v) is 32.3. The molecule has 0 radical (unpaired) electrons. The second-order valence-electron chi connectivity index (χ2n) is 15.5. The maximum absolute atomic E-state index is 5.13. The molecular weight excluding hydrogens is 731 g/mol. The third kappa shape index (κ3) is 4.60. The highest BCUT2D eigenvalue weighted by atomic mass is 15.0. The number of hydrogen-bond donors (Lipinski definition) is 0. The van der Waals surface area contributed by atoms with Crippen molar-refractivity contribution >= 4 is 87.0 Å². The molecule has 60 heavy (non-hydrogen) atoms. The molecule has 0 N–H and O–H groups in total. The van der Waals surface area contributed by atoms with Gasteiger partial charge in [-0.05, 0) is 76.8 Å². The number of aromatic nitrogens is 5. The van der Waals surface area contributed by atoms with Crippen LogP contribution in [0.4, 0.5) is 0 Å². The van der Waals surface area contributed by atoms with Gasteiger partial charge in [0.25, 0.3) is 0 Å². The van der Waals surface area contributed by atoms with Crippen LogP contribution in [0.15, 0.2) is 200 Å². The summed E-state index contributed by atoms with van der Waals surface area (Å²) in [5, 5.41) is 12.5. The number of nitrogens with zero attached hydrogens (tertiary/aromatic N) is 5. The molecule has 0 aliphatic carbocycles. The van der Waals surface area contributed by atoms with Crippen LogP contribution in [0.1, 0.15) is 0 Å². The lowest BCUT2D eigenvalue weighted by Crippen LogP contribution is -1.98. The minimum Gasteiger partial charge on any atom is -0.309 e. The Morgan fingerprint density at radius 1 is 0.333 bits per heavy atom. The minimum absolute atomic E-state index is 0.670. The third-order valence-corrected chi connectivity index (χ3v) is 12.3. The lowest BCUT2D eigenvalue weighted by Gasteiger charge is -2.16. The van der Waals surface area contributed by atoms with E-state index in [-0.39, 0.29) is 0 Å². The Kier molecular flexibility index (Phi) is 6.95. The first kappa shape index (κ1) is 32.9. The Balaban J connectivity index is 1.15. The molecule has 0 saturated carbocycles. The van der Waals surface area contributed by atoms with Crippen LogP contribution < -0.4 is 0 Å². The molecule has 4 heterocycles. The van der Waals surface area contributed by atoms with Crippen molar-refractivity contribution in [3.05, 3.63) is 200 Å². The van der Waals surface area contributed by atoms with Gasteiger partial charge in [-0.3, -0.25) is 4.98 Å². The number of hydrogen-bond acceptors (Lipinski definition) is 3. The molecule has 0 saturated heterocycles. The lowest BCUT2D eigenvalue weighted by atomic mass is 9.89. The quantitative estimate of drug-likeness (QED) is 0.168. The van der Waals surface area contributed by atoms with Gasteiger partial charge in [0.15, 0.2) is 5.82 Å². The minimum atomic E-state index is 0.670. The standard InChI is InChI=1S/C55H33N5/c1-3-16-34(17-4-1)51-52-44(26-15-33-56-52)57-55(58-51)35-29-31-37(32-30-35)60-46-28-14-12-25-43(46)49-50-47(39-21-8-10-23-41(39)54(49)60)38-20-7-9-22-40(38)53-48(50)42-24-11-13-27-45(42)59(53)36-18-5-2-6-19-36/h1-33H. The summed E-state index contributed by atoms with van der Waals surface area (Å²) in [7, 11) is 0. The lowest BCUT2D eigenvalue weighted by molar-refractivity contribution is 1.18. The van der Waals surface area contributed by atoms with Crippen molar-refractivity contribution in [1.82, 2.24) is 24.1 Å². The van der Waals surface area contributed by atoms with Crippen molar-refractivity contribution in [1.29, 1.82) is 0 Å². The van der Waals surface area contributed by atoms with E-state index in [2.05, 4.69) is 178 Å². The summed E-state index contributed by atoms with van der Waals surface area (Å²) >= 11 is 0. The van der Waals surface area contributed by atoms with E-state index in [4.69, 9.17) is 9.97 Å². The summed E-state index contributed by atoms with van der Waals surface area (Å²) in [5.74, 6) is 0.670. The Morgan fingerprint density at radius 2 is 0.833 bits per heavy atom. The molecule has 278 valence electrons. The summed E-state index contributed by atoms with van der Waals surface area (Å²) in [6.07, 6.45) is 1.81. The van der Waals surface area contributed by atoms with Gasteiger partial charge in [0.1, 0.15) is 11.2 Å². The number of benzene rings is 9. The first-order valence-electron chi connectivity index (χ1n) is 20.4. The first-order chi connectivity index (χ1) is 29.8. The summed E-state index contributed by atoms with van der Waals surface area (Å²) in [6, 6.07) is 69.5. The van der Waals surface area contributed by atoms with E-state index in [1.165, 1.54) is 70.4 Å². The normalized spacial score (nSPS) is 12.0. The van der Waals surface area contributed by atoms with E-state index in [0.29, 0.717) is 5.82 Å². The molecule has 0 amide bonds. The van der Waals surface area contributed by atoms with Crippen molar-refractivity contribution in [2.45, 2.75) is 0 Å². The highest BCUT2D eigenvalue weighted by Gasteiger charge is 2.26. The van der Waals surface area contributed by atoms with E-state index in [0.717, 1.165) is 44.7 Å². The molecule has 0 fully saturated rings. The molecule has 9 aromatic carbocycles. The molecule has 13 aromatic rings. The summed E-state index contributed by atoms with van der Waals surface area (Å²) in [4.78, 5) is 14.8. The van der Waals surface area contributed by atoms with E-state index in [1.54, 1.807) is 6.20 Å². The fraction of sp³-hybridized carbons (Fsp3) is 0. The monoisotopic (exact) mass is 763 g/mol.